The Kier molecular flexibility index (Phi) is 5.21. The van der Waals surface area contributed by atoms with Crippen LogP contribution in [0.15, 0.2) is 41.8 Å². The first kappa shape index (κ1) is 16.1. The van der Waals surface area contributed by atoms with Crippen molar-refractivity contribution in [2.75, 3.05) is 5.32 Å². The fourth-order valence-corrected chi connectivity index (χ4v) is 2.77. The smallest absolute Gasteiger partial charge is 0.335 e. The first-order valence-corrected chi connectivity index (χ1v) is 7.67. The molecule has 116 valence electrons. The molecule has 1 amide bonds. The van der Waals surface area contributed by atoms with Gasteiger partial charge in [-0.3, -0.25) is 4.79 Å². The van der Waals surface area contributed by atoms with Gasteiger partial charge in [0, 0.05) is 25.1 Å². The third kappa shape index (κ3) is 3.88. The molecule has 0 fully saturated rings. The van der Waals surface area contributed by atoms with E-state index in [-0.39, 0.29) is 16.7 Å². The molecule has 0 aliphatic rings. The second-order valence-corrected chi connectivity index (χ2v) is 5.88. The number of imidazole rings is 1. The Morgan fingerprint density at radius 2 is 2.05 bits per heavy atom. The van der Waals surface area contributed by atoms with Crippen LogP contribution in [0.4, 0.5) is 5.69 Å². The number of amides is 1. The zero-order chi connectivity index (χ0) is 16.1. The predicted octanol–water partition coefficient (Wildman–Crippen LogP) is 2.63. The number of thioether (sulfide) groups is 1. The molecule has 22 heavy (non-hydrogen) atoms. The summed E-state index contributed by atoms with van der Waals surface area (Å²) in [6.45, 7) is 1.94. The second kappa shape index (κ2) is 7.13. The Morgan fingerprint density at radius 3 is 2.55 bits per heavy atom. The molecular weight excluding hydrogens is 302 g/mol. The van der Waals surface area contributed by atoms with Gasteiger partial charge in [-0.1, -0.05) is 18.7 Å². The normalized spacial score (nSPS) is 11.9. The molecule has 7 heteroatoms. The fourth-order valence-electron chi connectivity index (χ4n) is 1.83. The molecule has 0 spiro atoms. The number of carbonyl (C=O) groups excluding carboxylic acids is 1. The average molecular weight is 319 g/mol. The van der Waals surface area contributed by atoms with Gasteiger partial charge in [-0.05, 0) is 30.7 Å². The summed E-state index contributed by atoms with van der Waals surface area (Å²) in [7, 11) is 1.88. The molecule has 0 bridgehead atoms. The number of benzene rings is 1. The van der Waals surface area contributed by atoms with Crippen LogP contribution in [-0.4, -0.2) is 31.8 Å². The van der Waals surface area contributed by atoms with E-state index in [1.807, 2.05) is 24.7 Å². The van der Waals surface area contributed by atoms with Gasteiger partial charge in [0.15, 0.2) is 5.16 Å². The van der Waals surface area contributed by atoms with Gasteiger partial charge in [0.05, 0.1) is 10.8 Å². The summed E-state index contributed by atoms with van der Waals surface area (Å²) in [6, 6.07) is 6.09. The highest BCUT2D eigenvalue weighted by molar-refractivity contribution is 8.00. The highest BCUT2D eigenvalue weighted by Crippen LogP contribution is 2.24. The minimum absolute atomic E-state index is 0.126. The number of hydrogen-bond donors (Lipinski definition) is 2. The van der Waals surface area contributed by atoms with Crippen molar-refractivity contribution in [3.8, 4) is 0 Å². The van der Waals surface area contributed by atoms with Gasteiger partial charge in [0.2, 0.25) is 5.91 Å². The Bertz CT molecular complexity index is 667. The van der Waals surface area contributed by atoms with Gasteiger partial charge in [-0.2, -0.15) is 0 Å². The fraction of sp³-hybridized carbons (Fsp3) is 0.267. The van der Waals surface area contributed by atoms with Crippen LogP contribution < -0.4 is 5.32 Å². The topological polar surface area (TPSA) is 84.2 Å². The monoisotopic (exact) mass is 319 g/mol. The molecule has 1 heterocycles. The number of hydrogen-bond acceptors (Lipinski definition) is 4. The number of anilines is 1. The van der Waals surface area contributed by atoms with Crippen LogP contribution in [0.25, 0.3) is 0 Å². The summed E-state index contributed by atoms with van der Waals surface area (Å²) < 4.78 is 1.86. The third-order valence-electron chi connectivity index (χ3n) is 3.09. The van der Waals surface area contributed by atoms with E-state index >= 15 is 0 Å². The maximum absolute atomic E-state index is 12.3. The summed E-state index contributed by atoms with van der Waals surface area (Å²) in [4.78, 5) is 27.3. The lowest BCUT2D eigenvalue weighted by Gasteiger charge is -2.14. The van der Waals surface area contributed by atoms with Crippen LogP contribution in [0.5, 0.6) is 0 Å². The highest BCUT2D eigenvalue weighted by atomic mass is 32.2. The number of nitrogens with one attached hydrogen (secondary N) is 1. The highest BCUT2D eigenvalue weighted by Gasteiger charge is 2.20. The number of carbonyl (C=O) groups is 2. The molecule has 0 aliphatic carbocycles. The van der Waals surface area contributed by atoms with Crippen molar-refractivity contribution in [2.24, 2.45) is 7.05 Å². The molecule has 1 unspecified atom stereocenters. The van der Waals surface area contributed by atoms with Crippen LogP contribution in [-0.2, 0) is 11.8 Å². The van der Waals surface area contributed by atoms with Crippen molar-refractivity contribution < 1.29 is 14.7 Å². The molecule has 1 aromatic carbocycles. The van der Waals surface area contributed by atoms with Gasteiger partial charge < -0.3 is 15.0 Å². The van der Waals surface area contributed by atoms with E-state index in [9.17, 15) is 9.59 Å². The Labute approximate surface area is 132 Å². The number of aromatic carboxylic acids is 1. The van der Waals surface area contributed by atoms with E-state index in [0.717, 1.165) is 5.16 Å². The molecule has 2 rings (SSSR count). The van der Waals surface area contributed by atoms with Gasteiger partial charge >= 0.3 is 5.97 Å². The molecule has 2 aromatic rings. The lowest BCUT2D eigenvalue weighted by molar-refractivity contribution is -0.115. The van der Waals surface area contributed by atoms with Crippen molar-refractivity contribution in [3.05, 3.63) is 42.2 Å². The number of aromatic nitrogens is 2. The standard InChI is InChI=1S/C15H17N3O3S/c1-3-12(22-15-16-8-9-18(15)2)13(19)17-11-6-4-10(5-7-11)14(20)21/h4-9,12H,3H2,1-2H3,(H,17,19)(H,20,21). The molecule has 2 N–H and O–H groups in total. The number of rotatable bonds is 6. The number of aryl methyl sites for hydroxylation is 1. The molecular formula is C15H17N3O3S. The van der Waals surface area contributed by atoms with Crippen molar-refractivity contribution >= 4 is 29.3 Å². The Balaban J connectivity index is 2.02. The molecule has 1 aromatic heterocycles. The zero-order valence-corrected chi connectivity index (χ0v) is 13.1. The molecule has 6 nitrogen and oxygen atoms in total. The van der Waals surface area contributed by atoms with Crippen LogP contribution >= 0.6 is 11.8 Å². The SMILES string of the molecule is CCC(Sc1nccn1C)C(=O)Nc1ccc(C(=O)O)cc1. The minimum Gasteiger partial charge on any atom is -0.478 e. The molecule has 1 atom stereocenters. The minimum atomic E-state index is -0.991. The maximum Gasteiger partial charge on any atom is 0.335 e. The predicted molar refractivity (Wildman–Crippen MR) is 85.2 cm³/mol. The van der Waals surface area contributed by atoms with Crippen LogP contribution in [0.3, 0.4) is 0 Å². The molecule has 0 radical (unpaired) electrons. The third-order valence-corrected chi connectivity index (χ3v) is 4.52. The summed E-state index contributed by atoms with van der Waals surface area (Å²) in [5, 5.41) is 12.2. The van der Waals surface area contributed by atoms with Crippen LogP contribution in [0.1, 0.15) is 23.7 Å². The van der Waals surface area contributed by atoms with E-state index in [1.165, 1.54) is 23.9 Å². The molecule has 0 saturated carbocycles. The first-order chi connectivity index (χ1) is 10.5. The first-order valence-electron chi connectivity index (χ1n) is 6.79. The Morgan fingerprint density at radius 1 is 1.36 bits per heavy atom. The summed E-state index contributed by atoms with van der Waals surface area (Å²) in [6.07, 6.45) is 4.19. The van der Waals surface area contributed by atoms with Crippen LogP contribution in [0.2, 0.25) is 0 Å². The van der Waals surface area contributed by atoms with Gasteiger partial charge in [-0.15, -0.1) is 0 Å². The Hall–Kier alpha value is -2.28. The number of carboxylic acid groups (broad SMARTS) is 1. The van der Waals surface area contributed by atoms with Crippen LogP contribution in [0, 0.1) is 0 Å². The van der Waals surface area contributed by atoms with E-state index < -0.39 is 5.97 Å². The summed E-state index contributed by atoms with van der Waals surface area (Å²) >= 11 is 1.40. The average Bonchev–Trinajstić information content (AvgIpc) is 2.90. The number of nitrogens with zero attached hydrogens (tertiary/aromatic N) is 2. The lowest BCUT2D eigenvalue weighted by atomic mass is 10.2. The zero-order valence-electron chi connectivity index (χ0n) is 12.3. The van der Waals surface area contributed by atoms with E-state index in [0.29, 0.717) is 12.1 Å². The van der Waals surface area contributed by atoms with Gasteiger partial charge in [-0.25, -0.2) is 9.78 Å². The largest absolute Gasteiger partial charge is 0.478 e. The van der Waals surface area contributed by atoms with Gasteiger partial charge in [0.25, 0.3) is 0 Å². The van der Waals surface area contributed by atoms with Crippen molar-refractivity contribution in [1.29, 1.82) is 0 Å². The maximum atomic E-state index is 12.3. The summed E-state index contributed by atoms with van der Waals surface area (Å²) in [5.41, 5.74) is 0.765. The lowest BCUT2D eigenvalue weighted by Crippen LogP contribution is -2.25. The van der Waals surface area contributed by atoms with Gasteiger partial charge in [0.1, 0.15) is 0 Å². The van der Waals surface area contributed by atoms with Crippen molar-refractivity contribution in [2.45, 2.75) is 23.8 Å². The van der Waals surface area contributed by atoms with E-state index in [2.05, 4.69) is 10.3 Å². The second-order valence-electron chi connectivity index (χ2n) is 4.71. The number of carboxylic acids is 1. The summed E-state index contributed by atoms with van der Waals surface area (Å²) in [5.74, 6) is -1.12. The van der Waals surface area contributed by atoms with Crippen molar-refractivity contribution in [3.63, 3.8) is 0 Å². The van der Waals surface area contributed by atoms with E-state index in [1.54, 1.807) is 18.3 Å². The van der Waals surface area contributed by atoms with E-state index in [4.69, 9.17) is 5.11 Å². The quantitative estimate of drug-likeness (QED) is 0.800. The molecule has 0 aliphatic heterocycles. The van der Waals surface area contributed by atoms with Crippen molar-refractivity contribution in [1.82, 2.24) is 9.55 Å². The molecule has 0 saturated heterocycles.